The van der Waals surface area contributed by atoms with Gasteiger partial charge in [0.15, 0.2) is 0 Å². The van der Waals surface area contributed by atoms with E-state index in [-0.39, 0.29) is 12.6 Å². The zero-order valence-corrected chi connectivity index (χ0v) is 16.7. The van der Waals surface area contributed by atoms with Crippen LogP contribution in [0.15, 0.2) is 32.3 Å². The van der Waals surface area contributed by atoms with Crippen LogP contribution in [0.2, 0.25) is 0 Å². The lowest BCUT2D eigenvalue weighted by molar-refractivity contribution is -0.139. The molecule has 1 heterocycles. The average Bonchev–Trinajstić information content (AvgIpc) is 2.53. The second-order valence-corrected chi connectivity index (χ2v) is 6.78. The monoisotopic (exact) mass is 460 g/mol. The molecule has 0 fully saturated rings. The van der Waals surface area contributed by atoms with Crippen LogP contribution in [0.5, 0.6) is 5.75 Å². The molecule has 0 spiro atoms. The molecule has 6 nitrogen and oxygen atoms in total. The topological polar surface area (TPSA) is 76.7 Å². The minimum atomic E-state index is -0.670. The summed E-state index contributed by atoms with van der Waals surface area (Å²) in [6, 6.07) is 2.60. The van der Waals surface area contributed by atoms with Crippen LogP contribution < -0.4 is 15.4 Å². The third-order valence-corrected chi connectivity index (χ3v) is 4.60. The summed E-state index contributed by atoms with van der Waals surface area (Å²) >= 11 is 6.88. The van der Waals surface area contributed by atoms with E-state index < -0.39 is 12.0 Å². The van der Waals surface area contributed by atoms with Gasteiger partial charge in [-0.05, 0) is 41.4 Å². The molecule has 1 aliphatic rings. The normalized spacial score (nSPS) is 17.2. The Hall–Kier alpha value is -1.54. The first kappa shape index (κ1) is 18.8. The van der Waals surface area contributed by atoms with Crippen LogP contribution in [-0.4, -0.2) is 25.7 Å². The summed E-state index contributed by atoms with van der Waals surface area (Å²) in [5.41, 5.74) is 1.57. The number of hydrogen-bond acceptors (Lipinski definition) is 4. The summed E-state index contributed by atoms with van der Waals surface area (Å²) in [6.45, 7) is 3.86. The molecule has 1 aromatic rings. The molecular weight excluding hydrogens is 444 g/mol. The summed E-state index contributed by atoms with van der Waals surface area (Å²) in [4.78, 5) is 24.5. The number of carbonyl (C=O) groups excluding carboxylic acids is 2. The number of halogens is 2. The number of amides is 2. The van der Waals surface area contributed by atoms with E-state index in [1.165, 1.54) is 7.11 Å². The number of ether oxygens (including phenoxy) is 2. The predicted molar refractivity (Wildman–Crippen MR) is 96.8 cm³/mol. The lowest BCUT2D eigenvalue weighted by Crippen LogP contribution is -2.46. The van der Waals surface area contributed by atoms with Crippen LogP contribution in [0.25, 0.3) is 0 Å². The van der Waals surface area contributed by atoms with Crippen LogP contribution in [0.1, 0.15) is 31.9 Å². The molecule has 0 radical (unpaired) electrons. The Labute approximate surface area is 157 Å². The summed E-state index contributed by atoms with van der Waals surface area (Å²) in [5.74, 6) is 0.0765. The fraction of sp³-hybridized carbons (Fsp3) is 0.375. The number of hydrogen-bond donors (Lipinski definition) is 2. The maximum Gasteiger partial charge on any atom is 0.338 e. The van der Waals surface area contributed by atoms with E-state index in [2.05, 4.69) is 42.5 Å². The van der Waals surface area contributed by atoms with Gasteiger partial charge in [0.1, 0.15) is 5.75 Å². The zero-order valence-electron chi connectivity index (χ0n) is 13.5. The highest BCUT2D eigenvalue weighted by atomic mass is 79.9. The van der Waals surface area contributed by atoms with Crippen LogP contribution in [0.3, 0.4) is 0 Å². The standard InChI is InChI=1S/C16H18Br2N2O4/c1-4-11-12(15(21)24-5-2)13(20-16(22)19-11)9-6-8(17)7-10(18)14(9)23-3/h6-7,13H,4-5H2,1-3H3,(H2,19,20,22). The Kier molecular flexibility index (Phi) is 6.28. The highest BCUT2D eigenvalue weighted by Gasteiger charge is 2.35. The van der Waals surface area contributed by atoms with E-state index in [0.29, 0.717) is 33.5 Å². The maximum atomic E-state index is 12.5. The molecule has 8 heteroatoms. The molecule has 2 N–H and O–H groups in total. The Morgan fingerprint density at radius 2 is 2.00 bits per heavy atom. The number of carbonyl (C=O) groups is 2. The summed E-state index contributed by atoms with van der Waals surface area (Å²) in [6.07, 6.45) is 0.496. The highest BCUT2D eigenvalue weighted by Crippen LogP contribution is 2.40. The molecule has 0 aliphatic carbocycles. The third kappa shape index (κ3) is 3.75. The molecule has 2 amide bonds. The van der Waals surface area contributed by atoms with Gasteiger partial charge in [-0.2, -0.15) is 0 Å². The molecule has 0 bridgehead atoms. The van der Waals surface area contributed by atoms with Gasteiger partial charge in [0.05, 0.1) is 29.8 Å². The highest BCUT2D eigenvalue weighted by molar-refractivity contribution is 9.11. The molecule has 1 unspecified atom stereocenters. The van der Waals surface area contributed by atoms with Crippen molar-refractivity contribution in [3.05, 3.63) is 37.9 Å². The van der Waals surface area contributed by atoms with Crippen LogP contribution in [0, 0.1) is 0 Å². The van der Waals surface area contributed by atoms with E-state index in [4.69, 9.17) is 9.47 Å². The number of rotatable bonds is 5. The first-order valence-corrected chi connectivity index (χ1v) is 9.02. The van der Waals surface area contributed by atoms with Crippen molar-refractivity contribution < 1.29 is 19.1 Å². The van der Waals surface area contributed by atoms with Gasteiger partial charge in [0.2, 0.25) is 0 Å². The third-order valence-electron chi connectivity index (χ3n) is 3.55. The van der Waals surface area contributed by atoms with Crippen molar-refractivity contribution in [2.45, 2.75) is 26.3 Å². The average molecular weight is 462 g/mol. The predicted octanol–water partition coefficient (Wildman–Crippen LogP) is 3.80. The number of benzene rings is 1. The molecule has 1 atom stereocenters. The molecule has 1 aliphatic heterocycles. The van der Waals surface area contributed by atoms with Gasteiger partial charge in [-0.25, -0.2) is 9.59 Å². The van der Waals surface area contributed by atoms with Crippen molar-refractivity contribution in [3.8, 4) is 5.75 Å². The summed E-state index contributed by atoms with van der Waals surface area (Å²) < 4.78 is 12.1. The minimum absolute atomic E-state index is 0.249. The smallest absolute Gasteiger partial charge is 0.338 e. The van der Waals surface area contributed by atoms with Gasteiger partial charge >= 0.3 is 12.0 Å². The molecule has 0 saturated carbocycles. The quantitative estimate of drug-likeness (QED) is 0.654. The number of methoxy groups -OCH3 is 1. The van der Waals surface area contributed by atoms with Crippen molar-refractivity contribution in [1.29, 1.82) is 0 Å². The lowest BCUT2D eigenvalue weighted by atomic mass is 9.93. The van der Waals surface area contributed by atoms with E-state index in [0.717, 1.165) is 4.47 Å². The molecule has 130 valence electrons. The Bertz CT molecular complexity index is 704. The molecule has 24 heavy (non-hydrogen) atoms. The van der Waals surface area contributed by atoms with E-state index in [9.17, 15) is 9.59 Å². The van der Waals surface area contributed by atoms with E-state index in [1.54, 1.807) is 6.92 Å². The van der Waals surface area contributed by atoms with Gasteiger partial charge in [-0.3, -0.25) is 0 Å². The number of allylic oxidation sites excluding steroid dienone is 1. The largest absolute Gasteiger partial charge is 0.495 e. The first-order chi connectivity index (χ1) is 11.4. The second kappa shape index (κ2) is 8.02. The van der Waals surface area contributed by atoms with Crippen LogP contribution in [-0.2, 0) is 9.53 Å². The Morgan fingerprint density at radius 3 is 2.58 bits per heavy atom. The van der Waals surface area contributed by atoms with Crippen LogP contribution >= 0.6 is 31.9 Å². The molecule has 2 rings (SSSR count). The van der Waals surface area contributed by atoms with Crippen LogP contribution in [0.4, 0.5) is 4.79 Å². The fourth-order valence-electron chi connectivity index (χ4n) is 2.59. The van der Waals surface area contributed by atoms with Gasteiger partial charge in [0.25, 0.3) is 0 Å². The van der Waals surface area contributed by atoms with Crippen molar-refractivity contribution in [2.75, 3.05) is 13.7 Å². The lowest BCUT2D eigenvalue weighted by Gasteiger charge is -2.30. The molecule has 0 saturated heterocycles. The minimum Gasteiger partial charge on any atom is -0.495 e. The number of nitrogens with one attached hydrogen (secondary N) is 2. The van der Waals surface area contributed by atoms with Crippen molar-refractivity contribution >= 4 is 43.9 Å². The van der Waals surface area contributed by atoms with E-state index in [1.807, 2.05) is 19.1 Å². The number of urea groups is 1. The number of esters is 1. The van der Waals surface area contributed by atoms with Crippen molar-refractivity contribution in [2.24, 2.45) is 0 Å². The Morgan fingerprint density at radius 1 is 1.29 bits per heavy atom. The molecule has 1 aromatic carbocycles. The van der Waals surface area contributed by atoms with Gasteiger partial charge in [-0.15, -0.1) is 0 Å². The first-order valence-electron chi connectivity index (χ1n) is 7.43. The Balaban J connectivity index is 2.65. The SMILES string of the molecule is CCOC(=O)C1=C(CC)NC(=O)NC1c1cc(Br)cc(Br)c1OC. The van der Waals surface area contributed by atoms with Crippen molar-refractivity contribution in [1.82, 2.24) is 10.6 Å². The van der Waals surface area contributed by atoms with Gasteiger partial charge < -0.3 is 20.1 Å². The van der Waals surface area contributed by atoms with Gasteiger partial charge in [-0.1, -0.05) is 22.9 Å². The maximum absolute atomic E-state index is 12.5. The molecular formula is C16H18Br2N2O4. The molecule has 0 aromatic heterocycles. The van der Waals surface area contributed by atoms with Gasteiger partial charge in [0, 0.05) is 15.7 Å². The van der Waals surface area contributed by atoms with E-state index >= 15 is 0 Å². The second-order valence-electron chi connectivity index (χ2n) is 5.01. The summed E-state index contributed by atoms with van der Waals surface area (Å²) in [5, 5.41) is 5.47. The zero-order chi connectivity index (χ0) is 17.9. The summed E-state index contributed by atoms with van der Waals surface area (Å²) in [7, 11) is 1.54. The van der Waals surface area contributed by atoms with Crippen molar-refractivity contribution in [3.63, 3.8) is 0 Å². The fourth-order valence-corrected chi connectivity index (χ4v) is 4.01.